The Morgan fingerprint density at radius 3 is 1.71 bits per heavy atom. The molecule has 0 radical (unpaired) electrons. The minimum absolute atomic E-state index is 1.20. The van der Waals surface area contributed by atoms with Gasteiger partial charge < -0.3 is 0 Å². The van der Waals surface area contributed by atoms with Crippen molar-refractivity contribution >= 4 is 10.8 Å². The van der Waals surface area contributed by atoms with E-state index in [9.17, 15) is 0 Å². The smallest absolute Gasteiger partial charge is 0.0102 e. The van der Waals surface area contributed by atoms with Crippen LogP contribution in [0.1, 0.15) is 16.7 Å². The minimum atomic E-state index is 1.20. The first kappa shape index (κ1) is 18.2. The van der Waals surface area contributed by atoms with Crippen LogP contribution in [0.15, 0.2) is 103 Å². The molecule has 0 bridgehead atoms. The quantitative estimate of drug-likeness (QED) is 0.288. The van der Waals surface area contributed by atoms with Gasteiger partial charge >= 0.3 is 0 Å². The molecule has 0 saturated heterocycles. The Labute approximate surface area is 183 Å². The van der Waals surface area contributed by atoms with Gasteiger partial charge in [0.25, 0.3) is 0 Å². The molecule has 1 aliphatic rings. The lowest BCUT2D eigenvalue weighted by Gasteiger charge is -2.23. The molecule has 5 aromatic rings. The van der Waals surface area contributed by atoms with E-state index in [0.717, 1.165) is 0 Å². The zero-order valence-corrected chi connectivity index (χ0v) is 17.7. The summed E-state index contributed by atoms with van der Waals surface area (Å²) in [6.07, 6.45) is 2.41. The van der Waals surface area contributed by atoms with Crippen molar-refractivity contribution in [3.05, 3.63) is 120 Å². The van der Waals surface area contributed by atoms with Gasteiger partial charge in [-0.05, 0) is 87.2 Å². The van der Waals surface area contributed by atoms with E-state index >= 15 is 0 Å². The Kier molecular flexibility index (Phi) is 4.25. The first-order chi connectivity index (χ1) is 15.3. The summed E-state index contributed by atoms with van der Waals surface area (Å²) in [6.45, 7) is 2.15. The molecule has 0 fully saturated rings. The van der Waals surface area contributed by atoms with Crippen LogP contribution in [0.3, 0.4) is 0 Å². The van der Waals surface area contributed by atoms with Crippen LogP contribution in [-0.4, -0.2) is 0 Å². The second kappa shape index (κ2) is 7.25. The summed E-state index contributed by atoms with van der Waals surface area (Å²) in [5, 5.41) is 2.79. The molecule has 0 heteroatoms. The Bertz CT molecular complexity index is 1440. The van der Waals surface area contributed by atoms with Crippen LogP contribution in [-0.2, 0) is 12.8 Å². The number of hydrogen-bond acceptors (Lipinski definition) is 0. The van der Waals surface area contributed by atoms with Gasteiger partial charge in [0.1, 0.15) is 0 Å². The SMILES string of the molecule is Cc1cccc(-c2cccc(-c3cccc(-c4cc5c(c6ccccc46)CC5)c3)c2)c1. The van der Waals surface area contributed by atoms with E-state index in [1.54, 1.807) is 5.56 Å². The predicted octanol–water partition coefficient (Wildman–Crippen LogP) is 8.25. The summed E-state index contributed by atoms with van der Waals surface area (Å²) >= 11 is 0. The third-order valence-corrected chi connectivity index (χ3v) is 6.61. The molecule has 6 rings (SSSR count). The molecule has 0 atom stereocenters. The van der Waals surface area contributed by atoms with Crippen LogP contribution in [0.4, 0.5) is 0 Å². The zero-order chi connectivity index (χ0) is 20.8. The van der Waals surface area contributed by atoms with Crippen molar-refractivity contribution in [1.82, 2.24) is 0 Å². The van der Waals surface area contributed by atoms with Gasteiger partial charge in [0.2, 0.25) is 0 Å². The topological polar surface area (TPSA) is 0 Å². The normalized spacial score (nSPS) is 12.4. The molecule has 5 aromatic carbocycles. The van der Waals surface area contributed by atoms with Gasteiger partial charge in [-0.15, -0.1) is 0 Å². The van der Waals surface area contributed by atoms with E-state index in [-0.39, 0.29) is 0 Å². The highest BCUT2D eigenvalue weighted by Crippen LogP contribution is 2.39. The van der Waals surface area contributed by atoms with E-state index in [1.165, 1.54) is 68.1 Å². The summed E-state index contributed by atoms with van der Waals surface area (Å²) in [6, 6.07) is 37.9. The fraction of sp³-hybridized carbons (Fsp3) is 0.0968. The molecule has 148 valence electrons. The lowest BCUT2D eigenvalue weighted by atomic mass is 9.81. The molecule has 0 spiro atoms. The maximum atomic E-state index is 2.42. The van der Waals surface area contributed by atoms with Crippen molar-refractivity contribution in [1.29, 1.82) is 0 Å². The predicted molar refractivity (Wildman–Crippen MR) is 132 cm³/mol. The molecular formula is C31H24. The molecule has 0 amide bonds. The van der Waals surface area contributed by atoms with Gasteiger partial charge in [-0.3, -0.25) is 0 Å². The summed E-state index contributed by atoms with van der Waals surface area (Å²) in [4.78, 5) is 0. The van der Waals surface area contributed by atoms with Crippen LogP contribution in [0.5, 0.6) is 0 Å². The van der Waals surface area contributed by atoms with Gasteiger partial charge in [0.05, 0.1) is 0 Å². The van der Waals surface area contributed by atoms with Crippen LogP contribution in [0, 0.1) is 6.92 Å². The lowest BCUT2D eigenvalue weighted by molar-refractivity contribution is 0.852. The molecule has 0 unspecified atom stereocenters. The standard InChI is InChI=1S/C31H24/c1-21-7-4-8-22(17-21)23-9-5-10-24(18-23)25-11-6-12-26(19-25)31-20-27-15-16-28(27)29-13-2-3-14-30(29)31/h2-14,17-20H,15-16H2,1H3. The fourth-order valence-corrected chi connectivity index (χ4v) is 4.90. The lowest BCUT2D eigenvalue weighted by Crippen LogP contribution is -2.09. The van der Waals surface area contributed by atoms with Gasteiger partial charge in [0.15, 0.2) is 0 Å². The molecular weight excluding hydrogens is 372 g/mol. The molecule has 0 saturated carbocycles. The zero-order valence-electron chi connectivity index (χ0n) is 17.7. The first-order valence-electron chi connectivity index (χ1n) is 11.1. The van der Waals surface area contributed by atoms with Crippen LogP contribution in [0.25, 0.3) is 44.2 Å². The van der Waals surface area contributed by atoms with Gasteiger partial charge in [-0.1, -0.05) is 96.6 Å². The number of fused-ring (bicyclic) bond motifs is 3. The fourth-order valence-electron chi connectivity index (χ4n) is 4.90. The van der Waals surface area contributed by atoms with Crippen molar-refractivity contribution in [2.75, 3.05) is 0 Å². The van der Waals surface area contributed by atoms with E-state index in [1.807, 2.05) is 0 Å². The highest BCUT2D eigenvalue weighted by molar-refractivity contribution is 6.00. The molecule has 0 nitrogen and oxygen atoms in total. The Morgan fingerprint density at radius 1 is 0.484 bits per heavy atom. The van der Waals surface area contributed by atoms with Crippen LogP contribution < -0.4 is 0 Å². The third kappa shape index (κ3) is 3.16. The molecule has 1 aliphatic carbocycles. The van der Waals surface area contributed by atoms with E-state index < -0.39 is 0 Å². The largest absolute Gasteiger partial charge is 0.0616 e. The molecule has 0 aromatic heterocycles. The van der Waals surface area contributed by atoms with E-state index in [4.69, 9.17) is 0 Å². The van der Waals surface area contributed by atoms with Crippen molar-refractivity contribution in [2.24, 2.45) is 0 Å². The summed E-state index contributed by atoms with van der Waals surface area (Å²) in [5.74, 6) is 0. The van der Waals surface area contributed by atoms with Crippen LogP contribution >= 0.6 is 0 Å². The second-order valence-electron chi connectivity index (χ2n) is 8.64. The summed E-state index contributed by atoms with van der Waals surface area (Å²) in [5.41, 5.74) is 12.0. The summed E-state index contributed by atoms with van der Waals surface area (Å²) < 4.78 is 0. The second-order valence-corrected chi connectivity index (χ2v) is 8.64. The average molecular weight is 397 g/mol. The Morgan fingerprint density at radius 2 is 1.06 bits per heavy atom. The Balaban J connectivity index is 1.46. The highest BCUT2D eigenvalue weighted by atomic mass is 14.2. The number of hydrogen-bond donors (Lipinski definition) is 0. The van der Waals surface area contributed by atoms with Crippen molar-refractivity contribution in [3.8, 4) is 33.4 Å². The van der Waals surface area contributed by atoms with E-state index in [2.05, 4.69) is 110 Å². The van der Waals surface area contributed by atoms with Gasteiger partial charge in [0, 0.05) is 0 Å². The minimum Gasteiger partial charge on any atom is -0.0616 e. The molecule has 0 N–H and O–H groups in total. The van der Waals surface area contributed by atoms with Gasteiger partial charge in [-0.25, -0.2) is 0 Å². The summed E-state index contributed by atoms with van der Waals surface area (Å²) in [7, 11) is 0. The third-order valence-electron chi connectivity index (χ3n) is 6.61. The van der Waals surface area contributed by atoms with Crippen molar-refractivity contribution in [2.45, 2.75) is 19.8 Å². The Hall–Kier alpha value is -3.64. The monoisotopic (exact) mass is 396 g/mol. The number of benzene rings is 5. The molecule has 31 heavy (non-hydrogen) atoms. The molecule has 0 aliphatic heterocycles. The van der Waals surface area contributed by atoms with E-state index in [0.29, 0.717) is 0 Å². The number of aryl methyl sites for hydroxylation is 3. The first-order valence-corrected chi connectivity index (χ1v) is 11.1. The number of rotatable bonds is 3. The van der Waals surface area contributed by atoms with Gasteiger partial charge in [-0.2, -0.15) is 0 Å². The maximum Gasteiger partial charge on any atom is -0.0102 e. The maximum absolute atomic E-state index is 2.42. The van der Waals surface area contributed by atoms with Crippen molar-refractivity contribution in [3.63, 3.8) is 0 Å². The highest BCUT2D eigenvalue weighted by Gasteiger charge is 2.19. The van der Waals surface area contributed by atoms with Crippen LogP contribution in [0.2, 0.25) is 0 Å². The van der Waals surface area contributed by atoms with Crippen molar-refractivity contribution < 1.29 is 0 Å². The molecule has 0 heterocycles. The average Bonchev–Trinajstić information content (AvgIpc) is 2.79.